The zero-order valence-electron chi connectivity index (χ0n) is 18.0. The SMILES string of the molecule is Cc1cc(Cl)cc(Cl)c1CNC(=O)c1csc(CNC(=O)COc2ccc(OC(F)(F)F)cc2)n1. The zero-order valence-corrected chi connectivity index (χ0v) is 20.4. The molecule has 0 spiro atoms. The summed E-state index contributed by atoms with van der Waals surface area (Å²) < 4.78 is 45.5. The van der Waals surface area contributed by atoms with E-state index in [9.17, 15) is 22.8 Å². The topological polar surface area (TPSA) is 89.6 Å². The highest BCUT2D eigenvalue weighted by atomic mass is 35.5. The number of benzene rings is 2. The minimum Gasteiger partial charge on any atom is -0.484 e. The third-order valence-electron chi connectivity index (χ3n) is 4.46. The Labute approximate surface area is 212 Å². The zero-order chi connectivity index (χ0) is 25.6. The van der Waals surface area contributed by atoms with Crippen LogP contribution in [0.1, 0.15) is 26.6 Å². The van der Waals surface area contributed by atoms with Gasteiger partial charge in [0.1, 0.15) is 22.2 Å². The maximum absolute atomic E-state index is 12.4. The molecule has 35 heavy (non-hydrogen) atoms. The Morgan fingerprint density at radius 3 is 2.40 bits per heavy atom. The highest BCUT2D eigenvalue weighted by Gasteiger charge is 2.31. The molecule has 0 aliphatic rings. The van der Waals surface area contributed by atoms with E-state index in [1.807, 2.05) is 6.92 Å². The Morgan fingerprint density at radius 2 is 1.74 bits per heavy atom. The lowest BCUT2D eigenvalue weighted by Crippen LogP contribution is -2.28. The standard InChI is InChI=1S/C22H18Cl2F3N3O4S/c1-12-6-13(23)7-17(24)16(12)8-29-21(32)18-11-35-20(30-18)9-28-19(31)10-33-14-2-4-15(5-3-14)34-22(25,26)27/h2-7,11H,8-10H2,1H3,(H,28,31)(H,29,32). The van der Waals surface area contributed by atoms with Crippen molar-refractivity contribution in [2.45, 2.75) is 26.4 Å². The van der Waals surface area contributed by atoms with Gasteiger partial charge in [-0.05, 0) is 54.4 Å². The minimum absolute atomic E-state index is 0.0701. The molecule has 2 N–H and O–H groups in total. The van der Waals surface area contributed by atoms with Gasteiger partial charge < -0.3 is 20.1 Å². The number of carbonyl (C=O) groups excluding carboxylic acids is 2. The highest BCUT2D eigenvalue weighted by molar-refractivity contribution is 7.09. The molecule has 0 saturated carbocycles. The summed E-state index contributed by atoms with van der Waals surface area (Å²) in [5.74, 6) is -1.08. The van der Waals surface area contributed by atoms with Gasteiger partial charge in [0.15, 0.2) is 6.61 Å². The average molecular weight is 548 g/mol. The number of thiazole rings is 1. The van der Waals surface area contributed by atoms with Gasteiger partial charge in [-0.1, -0.05) is 23.2 Å². The molecule has 13 heteroatoms. The van der Waals surface area contributed by atoms with Gasteiger partial charge in [0.25, 0.3) is 11.8 Å². The van der Waals surface area contributed by atoms with Gasteiger partial charge in [-0.25, -0.2) is 4.98 Å². The smallest absolute Gasteiger partial charge is 0.484 e. The lowest BCUT2D eigenvalue weighted by Gasteiger charge is -2.10. The number of hydrogen-bond acceptors (Lipinski definition) is 6. The fourth-order valence-corrected chi connectivity index (χ4v) is 4.20. The first-order chi connectivity index (χ1) is 16.5. The number of aromatic nitrogens is 1. The van der Waals surface area contributed by atoms with Crippen LogP contribution in [0.15, 0.2) is 41.8 Å². The van der Waals surface area contributed by atoms with Crippen LogP contribution in [0, 0.1) is 6.92 Å². The molecule has 3 rings (SSSR count). The van der Waals surface area contributed by atoms with Gasteiger partial charge in [-0.15, -0.1) is 24.5 Å². The van der Waals surface area contributed by atoms with Crippen LogP contribution in [0.25, 0.3) is 0 Å². The van der Waals surface area contributed by atoms with Crippen molar-refractivity contribution in [1.29, 1.82) is 0 Å². The molecule has 186 valence electrons. The molecule has 0 fully saturated rings. The summed E-state index contributed by atoms with van der Waals surface area (Å²) in [5, 5.41) is 8.36. The van der Waals surface area contributed by atoms with Crippen LogP contribution in [-0.2, 0) is 17.9 Å². The van der Waals surface area contributed by atoms with E-state index in [1.54, 1.807) is 17.5 Å². The summed E-state index contributed by atoms with van der Waals surface area (Å²) in [5.41, 5.74) is 1.78. The predicted molar refractivity (Wildman–Crippen MR) is 125 cm³/mol. The number of hydrogen-bond donors (Lipinski definition) is 2. The number of rotatable bonds is 9. The van der Waals surface area contributed by atoms with Crippen LogP contribution in [0.3, 0.4) is 0 Å². The Kier molecular flexibility index (Phi) is 8.82. The number of alkyl halides is 3. The first kappa shape index (κ1) is 26.6. The van der Waals surface area contributed by atoms with Crippen LogP contribution >= 0.6 is 34.5 Å². The molecule has 3 aromatic rings. The fourth-order valence-electron chi connectivity index (χ4n) is 2.82. The quantitative estimate of drug-likeness (QED) is 0.380. The molecule has 1 heterocycles. The number of amides is 2. The Morgan fingerprint density at radius 1 is 1.06 bits per heavy atom. The van der Waals surface area contributed by atoms with E-state index >= 15 is 0 Å². The summed E-state index contributed by atoms with van der Waals surface area (Å²) in [4.78, 5) is 28.6. The second-order valence-corrected chi connectivity index (χ2v) is 8.86. The maximum atomic E-state index is 12.4. The molecule has 7 nitrogen and oxygen atoms in total. The molecule has 2 aromatic carbocycles. The Bertz CT molecular complexity index is 1180. The normalized spacial score (nSPS) is 11.1. The van der Waals surface area contributed by atoms with Crippen LogP contribution in [-0.4, -0.2) is 29.8 Å². The summed E-state index contributed by atoms with van der Waals surface area (Å²) in [7, 11) is 0. The van der Waals surface area contributed by atoms with Crippen molar-refractivity contribution >= 4 is 46.4 Å². The van der Waals surface area contributed by atoms with E-state index < -0.39 is 23.9 Å². The van der Waals surface area contributed by atoms with Crippen LogP contribution < -0.4 is 20.1 Å². The third-order valence-corrected chi connectivity index (χ3v) is 5.86. The van der Waals surface area contributed by atoms with E-state index in [2.05, 4.69) is 20.4 Å². The first-order valence-electron chi connectivity index (χ1n) is 9.92. The predicted octanol–water partition coefficient (Wildman–Crippen LogP) is 5.28. The largest absolute Gasteiger partial charge is 0.573 e. The molecule has 0 aliphatic carbocycles. The van der Waals surface area contributed by atoms with Crippen LogP contribution in [0.2, 0.25) is 10.0 Å². The van der Waals surface area contributed by atoms with Crippen molar-refractivity contribution in [2.75, 3.05) is 6.61 Å². The number of nitrogens with one attached hydrogen (secondary N) is 2. The molecule has 0 atom stereocenters. The Hall–Kier alpha value is -3.02. The van der Waals surface area contributed by atoms with Gasteiger partial charge in [0.05, 0.1) is 6.54 Å². The number of ether oxygens (including phenoxy) is 2. The Balaban J connectivity index is 1.43. The van der Waals surface area contributed by atoms with Crippen LogP contribution in [0.5, 0.6) is 11.5 Å². The van der Waals surface area contributed by atoms with E-state index in [-0.39, 0.29) is 31.1 Å². The molecule has 2 amide bonds. The second kappa shape index (κ2) is 11.6. The molecular weight excluding hydrogens is 530 g/mol. The minimum atomic E-state index is -4.79. The highest BCUT2D eigenvalue weighted by Crippen LogP contribution is 2.26. The van der Waals surface area contributed by atoms with Gasteiger partial charge in [0.2, 0.25) is 0 Å². The van der Waals surface area contributed by atoms with Crippen molar-refractivity contribution in [1.82, 2.24) is 15.6 Å². The fraction of sp³-hybridized carbons (Fsp3) is 0.227. The number of nitrogens with zero attached hydrogens (tertiary/aromatic N) is 1. The third kappa shape index (κ3) is 8.30. The lowest BCUT2D eigenvalue weighted by atomic mass is 10.1. The monoisotopic (exact) mass is 547 g/mol. The van der Waals surface area contributed by atoms with Crippen LogP contribution in [0.4, 0.5) is 13.2 Å². The van der Waals surface area contributed by atoms with E-state index in [4.69, 9.17) is 27.9 Å². The summed E-state index contributed by atoms with van der Waals surface area (Å²) in [6.07, 6.45) is -4.79. The molecule has 0 radical (unpaired) electrons. The second-order valence-electron chi connectivity index (χ2n) is 7.08. The number of halogens is 5. The summed E-state index contributed by atoms with van der Waals surface area (Å²) >= 11 is 13.3. The first-order valence-corrected chi connectivity index (χ1v) is 11.6. The molecule has 1 aromatic heterocycles. The van der Waals surface area contributed by atoms with Crippen molar-refractivity contribution in [3.8, 4) is 11.5 Å². The van der Waals surface area contributed by atoms with Crippen molar-refractivity contribution in [3.05, 3.63) is 73.7 Å². The van der Waals surface area contributed by atoms with E-state index in [1.165, 1.54) is 23.5 Å². The van der Waals surface area contributed by atoms with Gasteiger partial charge in [-0.3, -0.25) is 9.59 Å². The molecule has 0 aliphatic heterocycles. The molecule has 0 bridgehead atoms. The van der Waals surface area contributed by atoms with Gasteiger partial charge >= 0.3 is 6.36 Å². The van der Waals surface area contributed by atoms with Crippen molar-refractivity contribution in [3.63, 3.8) is 0 Å². The van der Waals surface area contributed by atoms with Crippen molar-refractivity contribution in [2.24, 2.45) is 0 Å². The average Bonchev–Trinajstić information content (AvgIpc) is 3.24. The van der Waals surface area contributed by atoms with Crippen molar-refractivity contribution < 1.29 is 32.2 Å². The van der Waals surface area contributed by atoms with E-state index in [0.717, 1.165) is 23.3 Å². The summed E-state index contributed by atoms with van der Waals surface area (Å²) in [6, 6.07) is 8.00. The molecule has 0 unspecified atom stereocenters. The lowest BCUT2D eigenvalue weighted by molar-refractivity contribution is -0.274. The number of carbonyl (C=O) groups is 2. The summed E-state index contributed by atoms with van der Waals surface area (Å²) in [6.45, 7) is 1.74. The number of aryl methyl sites for hydroxylation is 1. The molecular formula is C22H18Cl2F3N3O4S. The van der Waals surface area contributed by atoms with E-state index in [0.29, 0.717) is 15.1 Å². The van der Waals surface area contributed by atoms with Gasteiger partial charge in [0, 0.05) is 22.0 Å². The maximum Gasteiger partial charge on any atom is 0.573 e. The van der Waals surface area contributed by atoms with Gasteiger partial charge in [-0.2, -0.15) is 0 Å². The molecule has 0 saturated heterocycles.